The molecule has 0 aliphatic rings. The van der Waals surface area contributed by atoms with Crippen molar-refractivity contribution >= 4 is 13.7 Å². The van der Waals surface area contributed by atoms with Crippen molar-refractivity contribution in [2.45, 2.75) is 0 Å². The van der Waals surface area contributed by atoms with Gasteiger partial charge in [0.25, 0.3) is 0 Å². The van der Waals surface area contributed by atoms with Gasteiger partial charge in [-0.25, -0.2) is 0 Å². The Balaban J connectivity index is 3.26. The molecule has 0 unspecified atom stereocenters. The molecule has 0 aromatic carbocycles. The number of nitrogens with zero attached hydrogens (tertiary/aromatic N) is 1. The van der Waals surface area contributed by atoms with Crippen molar-refractivity contribution in [2.24, 2.45) is 0 Å². The lowest BCUT2D eigenvalue weighted by atomic mass is 10.1. The molecule has 2 nitrogen and oxygen atoms in total. The van der Waals surface area contributed by atoms with Crippen molar-refractivity contribution in [1.29, 1.82) is 0 Å². The molecule has 0 saturated heterocycles. The molecular weight excluding hydrogens is 76.9 g/mol. The Morgan fingerprint density at radius 3 is 1.83 bits per heavy atom. The Labute approximate surface area is 38.5 Å². The second-order valence-electron chi connectivity index (χ2n) is 1.41. The van der Waals surface area contributed by atoms with Crippen LogP contribution in [0.15, 0.2) is 0 Å². The van der Waals surface area contributed by atoms with Crippen molar-refractivity contribution in [2.75, 3.05) is 14.1 Å². The summed E-state index contributed by atoms with van der Waals surface area (Å²) in [5.74, 6) is 0.0926. The zero-order chi connectivity index (χ0) is 5.15. The first-order valence-electron chi connectivity index (χ1n) is 1.82. The zero-order valence-corrected chi connectivity index (χ0v) is 4.36. The maximum absolute atomic E-state index is 10.1. The minimum absolute atomic E-state index is 0.0926. The second kappa shape index (κ2) is 1.85. The number of hydrogen-bond acceptors (Lipinski definition) is 1. The molecule has 0 aliphatic heterocycles. The lowest BCUT2D eigenvalue weighted by molar-refractivity contribution is 0.240. The molecule has 0 aliphatic carbocycles. The Morgan fingerprint density at radius 2 is 1.83 bits per heavy atom. The van der Waals surface area contributed by atoms with Crippen LogP contribution in [0, 0.1) is 0 Å². The average molecular weight is 84.9 g/mol. The molecule has 0 atom stereocenters. The van der Waals surface area contributed by atoms with Crippen molar-refractivity contribution in [3.05, 3.63) is 0 Å². The van der Waals surface area contributed by atoms with Crippen LogP contribution in [-0.2, 0) is 0 Å². The molecule has 0 heterocycles. The van der Waals surface area contributed by atoms with Gasteiger partial charge >= 0.3 is 0 Å². The lowest BCUT2D eigenvalue weighted by Gasteiger charge is -2.03. The third kappa shape index (κ3) is 1.82. The van der Waals surface area contributed by atoms with Crippen molar-refractivity contribution in [3.63, 3.8) is 0 Å². The maximum Gasteiger partial charge on any atom is 0.215 e. The average Bonchev–Trinajstić information content (AvgIpc) is 1.36. The molecule has 6 heavy (non-hydrogen) atoms. The lowest BCUT2D eigenvalue weighted by Crippen LogP contribution is -2.18. The fraction of sp³-hybridized carbons (Fsp3) is 0.667. The molecule has 0 bridgehead atoms. The van der Waals surface area contributed by atoms with E-state index in [0.717, 1.165) is 0 Å². The van der Waals surface area contributed by atoms with E-state index in [2.05, 4.69) is 0 Å². The summed E-state index contributed by atoms with van der Waals surface area (Å²) in [6.07, 6.45) is 0. The molecule has 0 rings (SSSR count). The van der Waals surface area contributed by atoms with E-state index in [0.29, 0.717) is 0 Å². The Morgan fingerprint density at radius 1 is 1.67 bits per heavy atom. The van der Waals surface area contributed by atoms with Gasteiger partial charge in [0.15, 0.2) is 5.81 Å². The highest BCUT2D eigenvalue weighted by molar-refractivity contribution is 6.56. The van der Waals surface area contributed by atoms with Crippen LogP contribution < -0.4 is 0 Å². The highest BCUT2D eigenvalue weighted by atomic mass is 16.1. The summed E-state index contributed by atoms with van der Waals surface area (Å²) in [6, 6.07) is 0. The molecule has 0 fully saturated rings. The fourth-order valence-electron chi connectivity index (χ4n) is 0. The highest BCUT2D eigenvalue weighted by Crippen LogP contribution is 1.69. The molecule has 0 aromatic heterocycles. The Hall–Kier alpha value is -0.465. The van der Waals surface area contributed by atoms with E-state index in [9.17, 15) is 4.79 Å². The van der Waals surface area contributed by atoms with Crippen LogP contribution in [0.1, 0.15) is 0 Å². The van der Waals surface area contributed by atoms with Gasteiger partial charge in [-0.15, -0.1) is 0 Å². The SMILES string of the molecule is BC(=O)N(C)C. The molecule has 0 radical (unpaired) electrons. The zero-order valence-electron chi connectivity index (χ0n) is 4.36. The van der Waals surface area contributed by atoms with Gasteiger partial charge in [-0.05, 0) is 0 Å². The van der Waals surface area contributed by atoms with Crippen molar-refractivity contribution < 1.29 is 4.79 Å². The molecule has 3 heteroatoms. The molecule has 0 N–H and O–H groups in total. The predicted molar refractivity (Wildman–Crippen MR) is 27.6 cm³/mol. The van der Waals surface area contributed by atoms with Gasteiger partial charge in [0, 0.05) is 14.1 Å². The smallest absolute Gasteiger partial charge is 0.215 e. The van der Waals surface area contributed by atoms with Crippen molar-refractivity contribution in [3.8, 4) is 0 Å². The predicted octanol–water partition coefficient (Wildman–Crippen LogP) is -0.699. The maximum atomic E-state index is 10.1. The van der Waals surface area contributed by atoms with Crippen LogP contribution in [0.25, 0.3) is 0 Å². The molecule has 0 spiro atoms. The standard InChI is InChI=1S/C3H8BNO/c1-5(2)3(4)6/h4H2,1-2H3. The summed E-state index contributed by atoms with van der Waals surface area (Å²) in [5.41, 5.74) is 0. The van der Waals surface area contributed by atoms with Crippen LogP contribution in [0.2, 0.25) is 0 Å². The molecular formula is C3H8BNO. The molecule has 0 saturated carbocycles. The quantitative estimate of drug-likeness (QED) is 0.356. The van der Waals surface area contributed by atoms with Crippen LogP contribution in [0.3, 0.4) is 0 Å². The van der Waals surface area contributed by atoms with E-state index in [-0.39, 0.29) is 5.81 Å². The van der Waals surface area contributed by atoms with Crippen molar-refractivity contribution in [1.82, 2.24) is 4.90 Å². The summed E-state index contributed by atoms with van der Waals surface area (Å²) in [7, 11) is 4.98. The van der Waals surface area contributed by atoms with Crippen LogP contribution in [0.4, 0.5) is 4.79 Å². The molecule has 0 aromatic rings. The normalized spacial score (nSPS) is 7.67. The van der Waals surface area contributed by atoms with Gasteiger partial charge < -0.3 is 4.90 Å². The van der Waals surface area contributed by atoms with E-state index < -0.39 is 0 Å². The van der Waals surface area contributed by atoms with E-state index in [1.807, 2.05) is 0 Å². The minimum atomic E-state index is 0.0926. The van der Waals surface area contributed by atoms with E-state index in [1.165, 1.54) is 12.7 Å². The van der Waals surface area contributed by atoms with Gasteiger partial charge in [0.1, 0.15) is 0 Å². The first kappa shape index (κ1) is 5.53. The number of amides is 1. The highest BCUT2D eigenvalue weighted by Gasteiger charge is 1.87. The third-order valence-corrected chi connectivity index (χ3v) is 0.630. The number of hydrogen-bond donors (Lipinski definition) is 0. The summed E-state index contributed by atoms with van der Waals surface area (Å²) >= 11 is 0. The third-order valence-electron chi connectivity index (χ3n) is 0.630. The van der Waals surface area contributed by atoms with Crippen LogP contribution in [0.5, 0.6) is 0 Å². The van der Waals surface area contributed by atoms with E-state index in [1.54, 1.807) is 14.1 Å². The summed E-state index contributed by atoms with van der Waals surface area (Å²) in [6.45, 7) is 0. The summed E-state index contributed by atoms with van der Waals surface area (Å²) < 4.78 is 0. The minimum Gasteiger partial charge on any atom is -0.358 e. The van der Waals surface area contributed by atoms with Gasteiger partial charge in [-0.3, -0.25) is 4.79 Å². The number of rotatable bonds is 0. The second-order valence-corrected chi connectivity index (χ2v) is 1.41. The Kier molecular flexibility index (Phi) is 1.71. The van der Waals surface area contributed by atoms with E-state index >= 15 is 0 Å². The monoisotopic (exact) mass is 85.1 g/mol. The largest absolute Gasteiger partial charge is 0.358 e. The summed E-state index contributed by atoms with van der Waals surface area (Å²) in [5, 5.41) is 0. The molecule has 34 valence electrons. The first-order chi connectivity index (χ1) is 2.64. The van der Waals surface area contributed by atoms with Gasteiger partial charge in [0.2, 0.25) is 7.85 Å². The fourth-order valence-corrected chi connectivity index (χ4v) is 0. The van der Waals surface area contributed by atoms with Gasteiger partial charge in [0.05, 0.1) is 0 Å². The summed E-state index contributed by atoms with van der Waals surface area (Å²) in [4.78, 5) is 11.6. The number of carbonyl (C=O) groups excluding carboxylic acids is 1. The van der Waals surface area contributed by atoms with Crippen LogP contribution in [-0.4, -0.2) is 32.6 Å². The Bertz CT molecular complexity index is 61.8. The van der Waals surface area contributed by atoms with E-state index in [4.69, 9.17) is 0 Å². The molecule has 1 amide bonds. The van der Waals surface area contributed by atoms with Gasteiger partial charge in [-0.1, -0.05) is 0 Å². The van der Waals surface area contributed by atoms with Gasteiger partial charge in [-0.2, -0.15) is 0 Å². The van der Waals surface area contributed by atoms with Crippen LogP contribution >= 0.6 is 0 Å². The first-order valence-corrected chi connectivity index (χ1v) is 1.82. The topological polar surface area (TPSA) is 20.3 Å². The number of carbonyl (C=O) groups is 1.